The standard InChI is InChI=1S/C13H13BrFNO.C8H5BrFN/c1-9-7-13(8-16,2-3-17-9)10-4-11(14)6-12(15)5-10;9-7-3-6(1-2-11)4-8(10)5-7/h4-6,9H,2-3,7H2,1H3;3-5H,1H2/t9-,13-;/m0./s1. The lowest BCUT2D eigenvalue weighted by atomic mass is 9.74. The van der Waals surface area contributed by atoms with E-state index in [4.69, 9.17) is 10.00 Å². The van der Waals surface area contributed by atoms with E-state index >= 15 is 0 Å². The Kier molecular flexibility index (Phi) is 8.12. The summed E-state index contributed by atoms with van der Waals surface area (Å²) in [6.45, 7) is 2.49. The summed E-state index contributed by atoms with van der Waals surface area (Å²) < 4.78 is 32.8. The van der Waals surface area contributed by atoms with E-state index in [1.807, 2.05) is 19.1 Å². The number of hydrogen-bond donors (Lipinski definition) is 0. The Bertz CT molecular complexity index is 883. The molecule has 1 heterocycles. The second-order valence-corrected chi connectivity index (χ2v) is 8.43. The number of benzene rings is 2. The molecule has 3 nitrogen and oxygen atoms in total. The van der Waals surface area contributed by atoms with Crippen molar-refractivity contribution in [1.29, 1.82) is 10.5 Å². The van der Waals surface area contributed by atoms with E-state index in [9.17, 15) is 14.0 Å². The van der Waals surface area contributed by atoms with Gasteiger partial charge in [0.05, 0.1) is 30.1 Å². The first-order valence-electron chi connectivity index (χ1n) is 8.59. The highest BCUT2D eigenvalue weighted by Crippen LogP contribution is 2.38. The van der Waals surface area contributed by atoms with Gasteiger partial charge >= 0.3 is 0 Å². The highest BCUT2D eigenvalue weighted by Gasteiger charge is 2.38. The second-order valence-electron chi connectivity index (χ2n) is 6.60. The third-order valence-electron chi connectivity index (χ3n) is 4.40. The van der Waals surface area contributed by atoms with Gasteiger partial charge in [0.1, 0.15) is 11.6 Å². The molecule has 0 saturated carbocycles. The topological polar surface area (TPSA) is 56.8 Å². The molecule has 28 heavy (non-hydrogen) atoms. The van der Waals surface area contributed by atoms with Crippen molar-refractivity contribution in [2.75, 3.05) is 6.61 Å². The Hall–Kier alpha value is -1.80. The minimum Gasteiger partial charge on any atom is -0.378 e. The van der Waals surface area contributed by atoms with Crippen LogP contribution >= 0.6 is 31.9 Å². The zero-order chi connectivity index (χ0) is 20.7. The van der Waals surface area contributed by atoms with Gasteiger partial charge in [0, 0.05) is 15.6 Å². The molecule has 0 spiro atoms. The zero-order valence-corrected chi connectivity index (χ0v) is 18.4. The van der Waals surface area contributed by atoms with Crippen LogP contribution in [0.5, 0.6) is 0 Å². The molecule has 2 atom stereocenters. The fourth-order valence-electron chi connectivity index (χ4n) is 3.15. The molecule has 0 radical (unpaired) electrons. The summed E-state index contributed by atoms with van der Waals surface area (Å²) in [5.74, 6) is -0.632. The summed E-state index contributed by atoms with van der Waals surface area (Å²) in [7, 11) is 0. The minimum atomic E-state index is -0.623. The van der Waals surface area contributed by atoms with Gasteiger partial charge in [-0.3, -0.25) is 0 Å². The minimum absolute atomic E-state index is 0.0328. The Labute approximate surface area is 180 Å². The van der Waals surface area contributed by atoms with Gasteiger partial charge < -0.3 is 4.74 Å². The van der Waals surface area contributed by atoms with Crippen LogP contribution in [0.3, 0.4) is 0 Å². The monoisotopic (exact) mass is 510 g/mol. The third-order valence-corrected chi connectivity index (χ3v) is 5.32. The van der Waals surface area contributed by atoms with Crippen LogP contribution in [-0.4, -0.2) is 12.7 Å². The molecule has 1 aliphatic rings. The van der Waals surface area contributed by atoms with Crippen molar-refractivity contribution in [2.24, 2.45) is 0 Å². The van der Waals surface area contributed by atoms with Gasteiger partial charge in [-0.1, -0.05) is 31.9 Å². The van der Waals surface area contributed by atoms with E-state index in [0.29, 0.717) is 34.0 Å². The lowest BCUT2D eigenvalue weighted by molar-refractivity contribution is 0.00346. The zero-order valence-electron chi connectivity index (χ0n) is 15.2. The molecule has 1 fully saturated rings. The molecular weight excluding hydrogens is 494 g/mol. The van der Waals surface area contributed by atoms with Gasteiger partial charge in [-0.05, 0) is 67.3 Å². The molecule has 0 N–H and O–H groups in total. The number of nitriles is 2. The van der Waals surface area contributed by atoms with Crippen LogP contribution in [0.15, 0.2) is 45.3 Å². The maximum Gasteiger partial charge on any atom is 0.124 e. The number of halogens is 4. The maximum atomic E-state index is 13.4. The third kappa shape index (κ3) is 6.10. The second kappa shape index (κ2) is 10.1. The van der Waals surface area contributed by atoms with E-state index < -0.39 is 5.41 Å². The van der Waals surface area contributed by atoms with Gasteiger partial charge in [0.25, 0.3) is 0 Å². The summed E-state index contributed by atoms with van der Waals surface area (Å²) >= 11 is 6.40. The maximum absolute atomic E-state index is 13.4. The molecule has 1 saturated heterocycles. The molecule has 2 aromatic carbocycles. The number of rotatable bonds is 2. The molecule has 0 aromatic heterocycles. The number of ether oxygens (including phenoxy) is 1. The van der Waals surface area contributed by atoms with Crippen LogP contribution in [0.4, 0.5) is 8.78 Å². The fraction of sp³-hybridized carbons (Fsp3) is 0.333. The lowest BCUT2D eigenvalue weighted by Gasteiger charge is -2.34. The van der Waals surface area contributed by atoms with Crippen LogP contribution in [0.1, 0.15) is 30.9 Å². The molecule has 0 amide bonds. The summed E-state index contributed by atoms with van der Waals surface area (Å²) in [5, 5.41) is 17.8. The lowest BCUT2D eigenvalue weighted by Crippen LogP contribution is -2.36. The van der Waals surface area contributed by atoms with E-state index in [2.05, 4.69) is 37.9 Å². The van der Waals surface area contributed by atoms with E-state index in [1.165, 1.54) is 24.3 Å². The van der Waals surface area contributed by atoms with Gasteiger partial charge in [-0.15, -0.1) is 0 Å². The van der Waals surface area contributed by atoms with Crippen molar-refractivity contribution >= 4 is 31.9 Å². The molecule has 0 unspecified atom stereocenters. The van der Waals surface area contributed by atoms with Gasteiger partial charge in [0.15, 0.2) is 0 Å². The van der Waals surface area contributed by atoms with Gasteiger partial charge in [-0.25, -0.2) is 8.78 Å². The number of hydrogen-bond acceptors (Lipinski definition) is 3. The molecule has 0 bridgehead atoms. The average Bonchev–Trinajstić information content (AvgIpc) is 2.61. The van der Waals surface area contributed by atoms with Crippen molar-refractivity contribution in [3.05, 3.63) is 68.1 Å². The summed E-state index contributed by atoms with van der Waals surface area (Å²) in [6, 6.07) is 13.4. The van der Waals surface area contributed by atoms with Crippen LogP contribution in [-0.2, 0) is 16.6 Å². The first kappa shape index (κ1) is 22.5. The Morgan fingerprint density at radius 2 is 1.71 bits per heavy atom. The smallest absolute Gasteiger partial charge is 0.124 e. The first-order valence-corrected chi connectivity index (χ1v) is 10.2. The quantitative estimate of drug-likeness (QED) is 0.482. The highest BCUT2D eigenvalue weighted by molar-refractivity contribution is 9.10. The predicted molar refractivity (Wildman–Crippen MR) is 109 cm³/mol. The Balaban J connectivity index is 0.000000221. The molecule has 3 rings (SSSR count). The van der Waals surface area contributed by atoms with Crippen molar-refractivity contribution in [3.8, 4) is 12.1 Å². The van der Waals surface area contributed by atoms with Crippen LogP contribution in [0, 0.1) is 34.3 Å². The largest absolute Gasteiger partial charge is 0.378 e. The van der Waals surface area contributed by atoms with Gasteiger partial charge in [0.2, 0.25) is 0 Å². The normalized spacial score (nSPS) is 21.0. The molecule has 7 heteroatoms. The van der Waals surface area contributed by atoms with E-state index in [-0.39, 0.29) is 24.2 Å². The summed E-state index contributed by atoms with van der Waals surface area (Å²) in [5.41, 5.74) is 0.809. The SMILES string of the molecule is C[C@H]1C[C@@](C#N)(c2cc(F)cc(Br)c2)CCO1.N#CCc1cc(F)cc(Br)c1. The Morgan fingerprint density at radius 3 is 2.25 bits per heavy atom. The van der Waals surface area contributed by atoms with Crippen molar-refractivity contribution in [2.45, 2.75) is 37.7 Å². The number of nitrogens with zero attached hydrogens (tertiary/aromatic N) is 2. The molecule has 0 aliphatic carbocycles. The van der Waals surface area contributed by atoms with Crippen molar-refractivity contribution < 1.29 is 13.5 Å². The fourth-order valence-corrected chi connectivity index (χ4v) is 4.13. The summed E-state index contributed by atoms with van der Waals surface area (Å²) in [6.07, 6.45) is 1.50. The molecular formula is C21H18Br2F2N2O. The first-order chi connectivity index (χ1) is 13.3. The van der Waals surface area contributed by atoms with E-state index in [1.54, 1.807) is 6.07 Å². The van der Waals surface area contributed by atoms with E-state index in [0.717, 1.165) is 5.56 Å². The predicted octanol–water partition coefficient (Wildman–Crippen LogP) is 6.20. The molecule has 2 aromatic rings. The van der Waals surface area contributed by atoms with Crippen LogP contribution < -0.4 is 0 Å². The molecule has 1 aliphatic heterocycles. The van der Waals surface area contributed by atoms with Crippen molar-refractivity contribution in [3.63, 3.8) is 0 Å². The van der Waals surface area contributed by atoms with Crippen LogP contribution in [0.2, 0.25) is 0 Å². The van der Waals surface area contributed by atoms with Gasteiger partial charge in [-0.2, -0.15) is 10.5 Å². The average molecular weight is 512 g/mol. The Morgan fingerprint density at radius 1 is 1.07 bits per heavy atom. The molecule has 146 valence electrons. The summed E-state index contributed by atoms with van der Waals surface area (Å²) in [4.78, 5) is 0. The highest BCUT2D eigenvalue weighted by atomic mass is 79.9. The van der Waals surface area contributed by atoms with Crippen LogP contribution in [0.25, 0.3) is 0 Å². The van der Waals surface area contributed by atoms with Crippen molar-refractivity contribution in [1.82, 2.24) is 0 Å².